The van der Waals surface area contributed by atoms with Gasteiger partial charge in [0.1, 0.15) is 17.8 Å². The highest BCUT2D eigenvalue weighted by Crippen LogP contribution is 2.60. The van der Waals surface area contributed by atoms with Gasteiger partial charge in [0.25, 0.3) is 5.91 Å². The second-order valence-corrected chi connectivity index (χ2v) is 18.3. The molecule has 3 amide bonds. The molecular formula is C41H46F2N6O7S. The van der Waals surface area contributed by atoms with Crippen LogP contribution in [0.5, 0.6) is 5.88 Å². The summed E-state index contributed by atoms with van der Waals surface area (Å²) in [5.74, 6) is -6.49. The molecule has 4 aliphatic rings. The summed E-state index contributed by atoms with van der Waals surface area (Å²) < 4.78 is 66.9. The minimum atomic E-state index is -4.04. The highest BCUT2D eigenvalue weighted by atomic mass is 32.2. The number of hydrogen-bond donors (Lipinski definition) is 2. The number of para-hydroxylation sites is 1. The third-order valence-electron chi connectivity index (χ3n) is 12.2. The van der Waals surface area contributed by atoms with Gasteiger partial charge in [-0.1, -0.05) is 49.2 Å². The molecule has 0 radical (unpaired) electrons. The van der Waals surface area contributed by atoms with E-state index in [-0.39, 0.29) is 37.9 Å². The van der Waals surface area contributed by atoms with Crippen molar-refractivity contribution in [3.05, 3.63) is 66.0 Å². The molecule has 0 unspecified atom stereocenters. The molecule has 4 aromatic rings. The first-order chi connectivity index (χ1) is 27.1. The van der Waals surface area contributed by atoms with Gasteiger partial charge < -0.3 is 15.0 Å². The van der Waals surface area contributed by atoms with Crippen LogP contribution in [0, 0.1) is 18.3 Å². The molecule has 13 nitrogen and oxygen atoms in total. The number of nitrogens with one attached hydrogen (secondary N) is 2. The van der Waals surface area contributed by atoms with E-state index in [0.717, 1.165) is 21.9 Å². The molecule has 2 aromatic heterocycles. The molecule has 2 saturated heterocycles. The Labute approximate surface area is 328 Å². The average molecular weight is 805 g/mol. The first-order valence-corrected chi connectivity index (χ1v) is 21.2. The van der Waals surface area contributed by atoms with Crippen LogP contribution in [0.2, 0.25) is 0 Å². The summed E-state index contributed by atoms with van der Waals surface area (Å²) in [7, 11) is -2.36. The van der Waals surface area contributed by atoms with Crippen LogP contribution in [0.3, 0.4) is 0 Å². The van der Waals surface area contributed by atoms with Gasteiger partial charge in [-0.3, -0.25) is 28.6 Å². The predicted octanol–water partition coefficient (Wildman–Crippen LogP) is 5.14. The number of Topliss-reactive ketones (excluding diaryl/α,β-unsaturated/α-hetero) is 1. The number of nitrogens with zero attached hydrogens (tertiary/aromatic N) is 4. The third kappa shape index (κ3) is 7.84. The van der Waals surface area contributed by atoms with Gasteiger partial charge in [0.05, 0.1) is 28.8 Å². The number of amides is 3. The molecule has 2 aliphatic heterocycles. The SMILES string of the molecule is Cc1cc(C(=O)N[C@H]2CCCCCC(F)(F)C[C@@H]3C[C@@]3(C(=O)NS(=O)(=O)C3CC3)CC(=O)[C@@H]3C[C@@H](Oc4nc5ccccc5c5ccccc45)CN3C2=O)nn1C. The fourth-order valence-electron chi connectivity index (χ4n) is 8.63. The number of ketones is 1. The molecule has 2 aromatic carbocycles. The Morgan fingerprint density at radius 2 is 1.67 bits per heavy atom. The van der Waals surface area contributed by atoms with Crippen molar-refractivity contribution in [1.29, 1.82) is 0 Å². The van der Waals surface area contributed by atoms with Crippen LogP contribution >= 0.6 is 0 Å². The molecule has 2 saturated carbocycles. The number of sulfonamides is 1. The van der Waals surface area contributed by atoms with Crippen LogP contribution in [0.4, 0.5) is 8.78 Å². The minimum Gasteiger partial charge on any atom is -0.472 e. The van der Waals surface area contributed by atoms with E-state index >= 15 is 8.78 Å². The number of ether oxygens (including phenoxy) is 1. The van der Waals surface area contributed by atoms with Crippen molar-refractivity contribution in [1.82, 2.24) is 29.7 Å². The van der Waals surface area contributed by atoms with Gasteiger partial charge in [0.2, 0.25) is 33.6 Å². The number of aryl methyl sites for hydroxylation is 2. The molecule has 0 spiro atoms. The molecule has 302 valence electrons. The maximum Gasteiger partial charge on any atom is 0.272 e. The summed E-state index contributed by atoms with van der Waals surface area (Å²) >= 11 is 0. The smallest absolute Gasteiger partial charge is 0.272 e. The lowest BCUT2D eigenvalue weighted by Gasteiger charge is -2.29. The summed E-state index contributed by atoms with van der Waals surface area (Å²) in [5.41, 5.74) is -0.187. The quantitative estimate of drug-likeness (QED) is 0.240. The number of halogens is 2. The fourth-order valence-corrected chi connectivity index (χ4v) is 10.0. The van der Waals surface area contributed by atoms with E-state index in [1.54, 1.807) is 20.0 Å². The average Bonchev–Trinajstić information content (AvgIpc) is 4.07. The Bertz CT molecular complexity index is 2360. The largest absolute Gasteiger partial charge is 0.472 e. The highest BCUT2D eigenvalue weighted by Gasteiger charge is 2.64. The molecule has 0 bridgehead atoms. The number of alkyl halides is 2. The summed E-state index contributed by atoms with van der Waals surface area (Å²) in [6.45, 7) is 1.71. The van der Waals surface area contributed by atoms with Gasteiger partial charge in [-0.2, -0.15) is 5.10 Å². The molecule has 4 heterocycles. The van der Waals surface area contributed by atoms with Crippen LogP contribution in [0.25, 0.3) is 21.7 Å². The Kier molecular flexibility index (Phi) is 10.1. The summed E-state index contributed by atoms with van der Waals surface area (Å²) in [6, 6.07) is 14.5. The van der Waals surface area contributed by atoms with E-state index < -0.39 is 93.5 Å². The minimum absolute atomic E-state index is 0.00753. The lowest BCUT2D eigenvalue weighted by Crippen LogP contribution is -2.52. The Balaban J connectivity index is 1.14. The Morgan fingerprint density at radius 1 is 0.947 bits per heavy atom. The van der Waals surface area contributed by atoms with Crippen LogP contribution in [-0.4, -0.2) is 87.5 Å². The van der Waals surface area contributed by atoms with E-state index in [1.807, 2.05) is 48.5 Å². The molecule has 2 N–H and O–H groups in total. The highest BCUT2D eigenvalue weighted by molar-refractivity contribution is 7.90. The lowest BCUT2D eigenvalue weighted by atomic mass is 9.89. The number of carbonyl (C=O) groups is 4. The fraction of sp³-hybridized carbons (Fsp3) is 0.512. The second-order valence-electron chi connectivity index (χ2n) is 16.3. The van der Waals surface area contributed by atoms with Crippen molar-refractivity contribution in [2.75, 3.05) is 6.54 Å². The Hall–Kier alpha value is -4.99. The van der Waals surface area contributed by atoms with Gasteiger partial charge in [-0.15, -0.1) is 0 Å². The van der Waals surface area contributed by atoms with Gasteiger partial charge in [-0.25, -0.2) is 22.2 Å². The van der Waals surface area contributed by atoms with E-state index in [4.69, 9.17) is 9.72 Å². The van der Waals surface area contributed by atoms with Crippen molar-refractivity contribution < 1.29 is 41.1 Å². The second kappa shape index (κ2) is 14.7. The summed E-state index contributed by atoms with van der Waals surface area (Å²) in [5, 5.41) is 8.86. The van der Waals surface area contributed by atoms with Crippen LogP contribution in [-0.2, 0) is 31.5 Å². The van der Waals surface area contributed by atoms with E-state index in [9.17, 15) is 27.6 Å². The van der Waals surface area contributed by atoms with Crippen molar-refractivity contribution in [3.63, 3.8) is 0 Å². The molecule has 57 heavy (non-hydrogen) atoms. The number of aromatic nitrogens is 3. The predicted molar refractivity (Wildman–Crippen MR) is 206 cm³/mol. The third-order valence-corrected chi connectivity index (χ3v) is 14.0. The summed E-state index contributed by atoms with van der Waals surface area (Å²) in [4.78, 5) is 62.8. The molecule has 16 heteroatoms. The molecule has 8 rings (SSSR count). The van der Waals surface area contributed by atoms with Crippen molar-refractivity contribution >= 4 is 55.2 Å². The van der Waals surface area contributed by atoms with Gasteiger partial charge in [-0.05, 0) is 68.5 Å². The van der Waals surface area contributed by atoms with E-state index in [2.05, 4.69) is 15.1 Å². The summed E-state index contributed by atoms with van der Waals surface area (Å²) in [6.07, 6.45) is -0.848. The van der Waals surface area contributed by atoms with E-state index in [0.29, 0.717) is 37.1 Å². The van der Waals surface area contributed by atoms with Crippen LogP contribution < -0.4 is 14.8 Å². The van der Waals surface area contributed by atoms with E-state index in [1.165, 1.54) is 9.58 Å². The molecular weight excluding hydrogens is 759 g/mol. The number of benzene rings is 2. The number of pyridine rings is 1. The lowest BCUT2D eigenvalue weighted by molar-refractivity contribution is -0.140. The number of carbonyl (C=O) groups excluding carboxylic acids is 4. The zero-order chi connectivity index (χ0) is 40.3. The zero-order valence-electron chi connectivity index (χ0n) is 31.9. The maximum atomic E-state index is 15.5. The van der Waals surface area contributed by atoms with Crippen LogP contribution in [0.1, 0.15) is 86.8 Å². The molecule has 2 aliphatic carbocycles. The number of hydrogen-bond acceptors (Lipinski definition) is 9. The van der Waals surface area contributed by atoms with Gasteiger partial charge in [0.15, 0.2) is 5.78 Å². The zero-order valence-corrected chi connectivity index (χ0v) is 32.7. The maximum absolute atomic E-state index is 15.5. The molecule has 5 atom stereocenters. The van der Waals surface area contributed by atoms with Crippen molar-refractivity contribution in [2.24, 2.45) is 18.4 Å². The molecule has 4 fully saturated rings. The van der Waals surface area contributed by atoms with Crippen molar-refractivity contribution in [3.8, 4) is 5.88 Å². The topological polar surface area (TPSA) is 170 Å². The number of rotatable bonds is 7. The van der Waals surface area contributed by atoms with Crippen molar-refractivity contribution in [2.45, 2.75) is 107 Å². The first kappa shape index (κ1) is 38.9. The van der Waals surface area contributed by atoms with Gasteiger partial charge >= 0.3 is 0 Å². The standard InChI is InChI=1S/C41H46F2N6O7S/c1-24-18-33(46-48(24)2)36(51)44-32-14-4-3-9-17-41(42,43)21-25-20-40(25,39(53)47-57(54,55)27-15-16-27)22-35(50)34-19-26(23-49(34)38(32)52)56-37-30-12-6-5-10-28(30)29-11-7-8-13-31(29)45-37/h5-8,10-13,18,25-27,32,34H,3-4,9,14-17,19-23H2,1-2H3,(H,44,51)(H,47,53)/t25-,26+,32-,34-,40+/m0/s1. The normalized spacial score (nSPS) is 26.9. The van der Waals surface area contributed by atoms with Crippen LogP contribution in [0.15, 0.2) is 54.6 Å². The van der Waals surface area contributed by atoms with Gasteiger partial charge in [0, 0.05) is 49.2 Å². The number of fused-ring (bicyclic) bond motifs is 5. The first-order valence-electron chi connectivity index (χ1n) is 19.7. The Morgan fingerprint density at radius 3 is 2.39 bits per heavy atom. The monoisotopic (exact) mass is 804 g/mol.